The Balaban J connectivity index is 2.62. The van der Waals surface area contributed by atoms with Crippen LogP contribution in [-0.2, 0) is 4.74 Å². The second kappa shape index (κ2) is 7.34. The van der Waals surface area contributed by atoms with E-state index in [-0.39, 0.29) is 12.1 Å². The van der Waals surface area contributed by atoms with E-state index in [2.05, 4.69) is 10.1 Å². The first-order valence-electron chi connectivity index (χ1n) is 6.65. The summed E-state index contributed by atoms with van der Waals surface area (Å²) in [4.78, 5) is 11.4. The number of hydrogen-bond donors (Lipinski definition) is 1. The third-order valence-electron chi connectivity index (χ3n) is 2.26. The van der Waals surface area contributed by atoms with Gasteiger partial charge in [-0.25, -0.2) is 9.18 Å². The molecule has 0 saturated carbocycles. The predicted molar refractivity (Wildman–Crippen MR) is 76.4 cm³/mol. The van der Waals surface area contributed by atoms with Gasteiger partial charge in [-0.05, 0) is 39.0 Å². The fourth-order valence-corrected chi connectivity index (χ4v) is 1.49. The van der Waals surface area contributed by atoms with Gasteiger partial charge in [-0.1, -0.05) is 12.2 Å². The Morgan fingerprint density at radius 3 is 2.48 bits per heavy atom. The van der Waals surface area contributed by atoms with Crippen LogP contribution >= 0.6 is 0 Å². The SMILES string of the molecule is CC(C)(C)OC(=O)NCC=Cc1cc(OC(F)(F)F)ccc1F. The molecule has 0 saturated heterocycles. The number of rotatable bonds is 4. The topological polar surface area (TPSA) is 47.6 Å². The molecule has 1 N–H and O–H groups in total. The zero-order chi connectivity index (χ0) is 17.7. The number of halogens is 4. The van der Waals surface area contributed by atoms with Gasteiger partial charge in [-0.3, -0.25) is 0 Å². The molecule has 0 unspecified atom stereocenters. The van der Waals surface area contributed by atoms with Crippen LogP contribution in [0.1, 0.15) is 26.3 Å². The van der Waals surface area contributed by atoms with E-state index in [1.54, 1.807) is 20.8 Å². The van der Waals surface area contributed by atoms with Crippen molar-refractivity contribution in [2.75, 3.05) is 6.54 Å². The molecule has 4 nitrogen and oxygen atoms in total. The van der Waals surface area contributed by atoms with Crippen LogP contribution in [0, 0.1) is 5.82 Å². The molecule has 0 aromatic heterocycles. The molecule has 0 bridgehead atoms. The van der Waals surface area contributed by atoms with Gasteiger partial charge in [0, 0.05) is 12.1 Å². The summed E-state index contributed by atoms with van der Waals surface area (Å²) in [6, 6.07) is 2.65. The van der Waals surface area contributed by atoms with Crippen LogP contribution in [0.3, 0.4) is 0 Å². The number of alkyl carbamates (subject to hydrolysis) is 1. The lowest BCUT2D eigenvalue weighted by atomic mass is 10.2. The van der Waals surface area contributed by atoms with E-state index in [0.717, 1.165) is 18.2 Å². The number of ether oxygens (including phenoxy) is 2. The van der Waals surface area contributed by atoms with E-state index in [9.17, 15) is 22.4 Å². The maximum Gasteiger partial charge on any atom is 0.573 e. The van der Waals surface area contributed by atoms with Crippen molar-refractivity contribution < 1.29 is 31.8 Å². The lowest BCUT2D eigenvalue weighted by molar-refractivity contribution is -0.274. The Kier molecular flexibility index (Phi) is 6.00. The molecule has 0 spiro atoms. The minimum atomic E-state index is -4.85. The number of benzene rings is 1. The second-order valence-corrected chi connectivity index (χ2v) is 5.52. The van der Waals surface area contributed by atoms with Crippen LogP contribution in [0.2, 0.25) is 0 Å². The highest BCUT2D eigenvalue weighted by molar-refractivity contribution is 5.68. The monoisotopic (exact) mass is 335 g/mol. The average molecular weight is 335 g/mol. The number of hydrogen-bond acceptors (Lipinski definition) is 3. The quantitative estimate of drug-likeness (QED) is 0.836. The van der Waals surface area contributed by atoms with Gasteiger partial charge in [0.25, 0.3) is 0 Å². The van der Waals surface area contributed by atoms with Crippen molar-refractivity contribution in [1.29, 1.82) is 0 Å². The highest BCUT2D eigenvalue weighted by atomic mass is 19.4. The van der Waals surface area contributed by atoms with Crippen molar-refractivity contribution in [2.45, 2.75) is 32.7 Å². The summed E-state index contributed by atoms with van der Waals surface area (Å²) >= 11 is 0. The number of nitrogens with one attached hydrogen (secondary N) is 1. The van der Waals surface area contributed by atoms with Crippen LogP contribution in [0.25, 0.3) is 6.08 Å². The molecule has 1 rings (SSSR count). The first kappa shape index (κ1) is 18.8. The van der Waals surface area contributed by atoms with E-state index >= 15 is 0 Å². The molecule has 128 valence electrons. The Labute approximate surface area is 131 Å². The molecule has 0 fully saturated rings. The lowest BCUT2D eigenvalue weighted by Crippen LogP contribution is -2.32. The van der Waals surface area contributed by atoms with Gasteiger partial charge < -0.3 is 14.8 Å². The van der Waals surface area contributed by atoms with Crippen molar-refractivity contribution >= 4 is 12.2 Å². The van der Waals surface area contributed by atoms with E-state index in [1.165, 1.54) is 12.2 Å². The zero-order valence-electron chi connectivity index (χ0n) is 12.8. The average Bonchev–Trinajstić information content (AvgIpc) is 2.34. The molecule has 1 aromatic carbocycles. The molecule has 0 atom stereocenters. The largest absolute Gasteiger partial charge is 0.573 e. The first-order valence-corrected chi connectivity index (χ1v) is 6.65. The third kappa shape index (κ3) is 8.08. The van der Waals surface area contributed by atoms with Crippen molar-refractivity contribution in [2.24, 2.45) is 0 Å². The van der Waals surface area contributed by atoms with E-state index in [0.29, 0.717) is 0 Å². The molecular formula is C15H17F4NO3. The first-order chi connectivity index (χ1) is 10.5. The predicted octanol–water partition coefficient (Wildman–Crippen LogP) is 4.26. The standard InChI is InChI=1S/C15H17F4NO3/c1-14(2,3)23-13(21)20-8-4-5-10-9-11(6-7-12(10)16)22-15(17,18)19/h4-7,9H,8H2,1-3H3,(H,20,21). The summed E-state index contributed by atoms with van der Waals surface area (Å²) in [5.41, 5.74) is -0.749. The third-order valence-corrected chi connectivity index (χ3v) is 2.26. The van der Waals surface area contributed by atoms with Crippen LogP contribution in [-0.4, -0.2) is 24.6 Å². The molecule has 1 amide bonds. The maximum absolute atomic E-state index is 13.5. The van der Waals surface area contributed by atoms with Crippen LogP contribution in [0.5, 0.6) is 5.75 Å². The molecule has 0 aliphatic heterocycles. The number of amides is 1. The summed E-state index contributed by atoms with van der Waals surface area (Å²) in [7, 11) is 0. The van der Waals surface area contributed by atoms with Gasteiger partial charge in [0.2, 0.25) is 0 Å². The Morgan fingerprint density at radius 1 is 1.26 bits per heavy atom. The highest BCUT2D eigenvalue weighted by Crippen LogP contribution is 2.25. The van der Waals surface area contributed by atoms with Gasteiger partial charge in [0.1, 0.15) is 17.2 Å². The maximum atomic E-state index is 13.5. The minimum Gasteiger partial charge on any atom is -0.444 e. The number of carbonyl (C=O) groups excluding carboxylic acids is 1. The summed E-state index contributed by atoms with van der Waals surface area (Å²) in [6.07, 6.45) is -2.90. The second-order valence-electron chi connectivity index (χ2n) is 5.52. The molecule has 0 heterocycles. The number of carbonyl (C=O) groups is 1. The molecule has 1 aromatic rings. The van der Waals surface area contributed by atoms with Gasteiger partial charge in [-0.15, -0.1) is 13.2 Å². The van der Waals surface area contributed by atoms with E-state index in [1.807, 2.05) is 0 Å². The Morgan fingerprint density at radius 2 is 1.91 bits per heavy atom. The van der Waals surface area contributed by atoms with Crippen molar-refractivity contribution in [3.63, 3.8) is 0 Å². The number of alkyl halides is 3. The van der Waals surface area contributed by atoms with Crippen LogP contribution < -0.4 is 10.1 Å². The van der Waals surface area contributed by atoms with Gasteiger partial charge >= 0.3 is 12.5 Å². The fraction of sp³-hybridized carbons (Fsp3) is 0.400. The van der Waals surface area contributed by atoms with Gasteiger partial charge in [0.05, 0.1) is 0 Å². The minimum absolute atomic E-state index is 0.0265. The summed E-state index contributed by atoms with van der Waals surface area (Å²) < 4.78 is 58.5. The van der Waals surface area contributed by atoms with Gasteiger partial charge in [-0.2, -0.15) is 0 Å². The molecule has 0 aliphatic carbocycles. The van der Waals surface area contributed by atoms with Crippen molar-refractivity contribution in [3.8, 4) is 5.75 Å². The normalized spacial score (nSPS) is 12.3. The molecule has 8 heteroatoms. The summed E-state index contributed by atoms with van der Waals surface area (Å²) in [5.74, 6) is -1.24. The van der Waals surface area contributed by atoms with Crippen molar-refractivity contribution in [1.82, 2.24) is 5.32 Å². The van der Waals surface area contributed by atoms with Crippen LogP contribution in [0.4, 0.5) is 22.4 Å². The van der Waals surface area contributed by atoms with E-state index < -0.39 is 29.6 Å². The molecule has 0 aliphatic rings. The Hall–Kier alpha value is -2.25. The summed E-state index contributed by atoms with van der Waals surface area (Å²) in [6.45, 7) is 5.12. The lowest BCUT2D eigenvalue weighted by Gasteiger charge is -2.19. The fourth-order valence-electron chi connectivity index (χ4n) is 1.49. The molecular weight excluding hydrogens is 318 g/mol. The summed E-state index contributed by atoms with van der Waals surface area (Å²) in [5, 5.41) is 2.40. The van der Waals surface area contributed by atoms with Gasteiger partial charge in [0.15, 0.2) is 0 Å². The van der Waals surface area contributed by atoms with Crippen molar-refractivity contribution in [3.05, 3.63) is 35.7 Å². The molecule has 23 heavy (non-hydrogen) atoms. The molecule has 0 radical (unpaired) electrons. The Bertz CT molecular complexity index is 577. The van der Waals surface area contributed by atoms with Crippen LogP contribution in [0.15, 0.2) is 24.3 Å². The zero-order valence-corrected chi connectivity index (χ0v) is 12.8. The highest BCUT2D eigenvalue weighted by Gasteiger charge is 2.31. The smallest absolute Gasteiger partial charge is 0.444 e. The van der Waals surface area contributed by atoms with E-state index in [4.69, 9.17) is 4.74 Å².